The smallest absolute Gasteiger partial charge is 0.331 e. The second-order valence-electron chi connectivity index (χ2n) is 4.70. The predicted octanol–water partition coefficient (Wildman–Crippen LogP) is 0.888. The molecule has 0 fully saturated rings. The van der Waals surface area contributed by atoms with Crippen LogP contribution in [0.2, 0.25) is 0 Å². The molecule has 102 valence electrons. The van der Waals surface area contributed by atoms with Gasteiger partial charge in [-0.15, -0.1) is 6.58 Å². The molecule has 1 aromatic rings. The number of cyclic esters (lactones) is 1. The van der Waals surface area contributed by atoms with Gasteiger partial charge in [0.15, 0.2) is 6.10 Å². The predicted molar refractivity (Wildman–Crippen MR) is 71.9 cm³/mol. The first-order valence-electron chi connectivity index (χ1n) is 6.22. The van der Waals surface area contributed by atoms with Gasteiger partial charge in [-0.2, -0.15) is 0 Å². The molecule has 1 amide bonds. The molecule has 2 aliphatic heterocycles. The van der Waals surface area contributed by atoms with Crippen molar-refractivity contribution >= 4 is 17.6 Å². The molecule has 20 heavy (non-hydrogen) atoms. The Bertz CT molecular complexity index is 637. The number of esters is 1. The zero-order valence-electron chi connectivity index (χ0n) is 10.7. The number of carbonyl (C=O) groups is 2. The standard InChI is InChI=1S/C15H13NO4/c1-2-9-16-11-6-4-3-5-10(11)15(19,14(16)18)12-7-8-13(17)20-12/h2-8,12,19H,1,9H2. The maximum absolute atomic E-state index is 12.6. The number of nitrogens with zero attached hydrogens (tertiary/aromatic N) is 1. The van der Waals surface area contributed by atoms with Crippen LogP contribution in [-0.2, 0) is 19.9 Å². The van der Waals surface area contributed by atoms with E-state index in [2.05, 4.69) is 6.58 Å². The van der Waals surface area contributed by atoms with Gasteiger partial charge in [0.2, 0.25) is 5.60 Å². The van der Waals surface area contributed by atoms with E-state index in [0.29, 0.717) is 11.3 Å². The van der Waals surface area contributed by atoms with Crippen LogP contribution in [0.4, 0.5) is 5.69 Å². The molecule has 1 N–H and O–H groups in total. The number of benzene rings is 1. The van der Waals surface area contributed by atoms with Gasteiger partial charge in [0.1, 0.15) is 0 Å². The number of amides is 1. The molecule has 1 aromatic carbocycles. The van der Waals surface area contributed by atoms with E-state index in [1.165, 1.54) is 17.1 Å². The summed E-state index contributed by atoms with van der Waals surface area (Å²) in [6.07, 6.45) is 3.21. The number of para-hydroxylation sites is 1. The maximum atomic E-state index is 12.6. The highest BCUT2D eigenvalue weighted by Gasteiger charge is 2.56. The van der Waals surface area contributed by atoms with Crippen LogP contribution >= 0.6 is 0 Å². The highest BCUT2D eigenvalue weighted by Crippen LogP contribution is 2.44. The van der Waals surface area contributed by atoms with Crippen molar-refractivity contribution in [3.8, 4) is 0 Å². The zero-order valence-corrected chi connectivity index (χ0v) is 10.7. The van der Waals surface area contributed by atoms with Crippen molar-refractivity contribution in [1.29, 1.82) is 0 Å². The normalized spacial score (nSPS) is 27.6. The average molecular weight is 271 g/mol. The summed E-state index contributed by atoms with van der Waals surface area (Å²) < 4.78 is 5.03. The second-order valence-corrected chi connectivity index (χ2v) is 4.70. The Balaban J connectivity index is 2.12. The van der Waals surface area contributed by atoms with E-state index in [1.807, 2.05) is 0 Å². The van der Waals surface area contributed by atoms with E-state index >= 15 is 0 Å². The number of fused-ring (bicyclic) bond motifs is 1. The Hall–Kier alpha value is -2.40. The van der Waals surface area contributed by atoms with E-state index in [1.54, 1.807) is 30.3 Å². The molecule has 3 rings (SSSR count). The fraction of sp³-hybridized carbons (Fsp3) is 0.200. The Kier molecular flexibility index (Phi) is 2.72. The molecule has 5 nitrogen and oxygen atoms in total. The van der Waals surface area contributed by atoms with Crippen molar-refractivity contribution in [1.82, 2.24) is 0 Å². The molecule has 0 bridgehead atoms. The summed E-state index contributed by atoms with van der Waals surface area (Å²) in [5, 5.41) is 10.9. The lowest BCUT2D eigenvalue weighted by atomic mass is 9.89. The monoisotopic (exact) mass is 271 g/mol. The zero-order chi connectivity index (χ0) is 14.3. The van der Waals surface area contributed by atoms with Gasteiger partial charge in [0.25, 0.3) is 5.91 Å². The fourth-order valence-corrected chi connectivity index (χ4v) is 2.64. The van der Waals surface area contributed by atoms with Crippen molar-refractivity contribution in [2.75, 3.05) is 11.4 Å². The van der Waals surface area contributed by atoms with E-state index in [-0.39, 0.29) is 6.54 Å². The highest BCUT2D eigenvalue weighted by atomic mass is 16.6. The molecular weight excluding hydrogens is 258 g/mol. The van der Waals surface area contributed by atoms with Crippen LogP contribution in [-0.4, -0.2) is 29.6 Å². The Morgan fingerprint density at radius 3 is 2.80 bits per heavy atom. The van der Waals surface area contributed by atoms with Crippen molar-refractivity contribution in [3.63, 3.8) is 0 Å². The molecule has 0 aliphatic carbocycles. The first kappa shape index (κ1) is 12.6. The molecule has 2 aliphatic rings. The number of aliphatic hydroxyl groups is 1. The SMILES string of the molecule is C=CCN1C(=O)C(O)(C2C=CC(=O)O2)c2ccccc21. The Labute approximate surface area is 115 Å². The van der Waals surface area contributed by atoms with Gasteiger partial charge in [-0.3, -0.25) is 4.79 Å². The van der Waals surface area contributed by atoms with Crippen LogP contribution in [0, 0.1) is 0 Å². The van der Waals surface area contributed by atoms with Gasteiger partial charge in [-0.05, 0) is 12.1 Å². The van der Waals surface area contributed by atoms with Crippen molar-refractivity contribution in [2.45, 2.75) is 11.7 Å². The average Bonchev–Trinajstić information content (AvgIpc) is 2.97. The number of hydrogen-bond donors (Lipinski definition) is 1. The molecule has 2 atom stereocenters. The van der Waals surface area contributed by atoms with Gasteiger partial charge in [-0.1, -0.05) is 24.3 Å². The first-order valence-corrected chi connectivity index (χ1v) is 6.22. The lowest BCUT2D eigenvalue weighted by Crippen LogP contribution is -2.48. The fourth-order valence-electron chi connectivity index (χ4n) is 2.64. The molecule has 2 heterocycles. The van der Waals surface area contributed by atoms with Crippen LogP contribution in [0.1, 0.15) is 5.56 Å². The van der Waals surface area contributed by atoms with Gasteiger partial charge >= 0.3 is 5.97 Å². The minimum absolute atomic E-state index is 0.280. The number of hydrogen-bond acceptors (Lipinski definition) is 4. The van der Waals surface area contributed by atoms with Crippen LogP contribution in [0.5, 0.6) is 0 Å². The lowest BCUT2D eigenvalue weighted by Gasteiger charge is -2.26. The third kappa shape index (κ3) is 1.53. The Morgan fingerprint density at radius 2 is 2.15 bits per heavy atom. The summed E-state index contributed by atoms with van der Waals surface area (Å²) in [6.45, 7) is 3.89. The van der Waals surface area contributed by atoms with E-state index < -0.39 is 23.6 Å². The number of anilines is 1. The summed E-state index contributed by atoms with van der Waals surface area (Å²) >= 11 is 0. The number of rotatable bonds is 3. The molecule has 2 unspecified atom stereocenters. The first-order chi connectivity index (χ1) is 9.59. The van der Waals surface area contributed by atoms with Gasteiger partial charge in [0, 0.05) is 18.2 Å². The number of carbonyl (C=O) groups excluding carboxylic acids is 2. The van der Waals surface area contributed by atoms with Crippen molar-refractivity contribution < 1.29 is 19.4 Å². The van der Waals surface area contributed by atoms with Crippen LogP contribution in [0.3, 0.4) is 0 Å². The summed E-state index contributed by atoms with van der Waals surface area (Å²) in [6, 6.07) is 6.92. The third-order valence-electron chi connectivity index (χ3n) is 3.55. The second kappa shape index (κ2) is 4.31. The summed E-state index contributed by atoms with van der Waals surface area (Å²) in [7, 11) is 0. The van der Waals surface area contributed by atoms with Crippen LogP contribution < -0.4 is 4.90 Å². The molecule has 0 aromatic heterocycles. The van der Waals surface area contributed by atoms with E-state index in [0.717, 1.165) is 0 Å². The quantitative estimate of drug-likeness (QED) is 0.655. The van der Waals surface area contributed by atoms with E-state index in [4.69, 9.17) is 4.74 Å². The maximum Gasteiger partial charge on any atom is 0.331 e. The molecule has 0 spiro atoms. The molecular formula is C15H13NO4. The van der Waals surface area contributed by atoms with Gasteiger partial charge < -0.3 is 14.7 Å². The van der Waals surface area contributed by atoms with Crippen molar-refractivity contribution in [2.24, 2.45) is 0 Å². The van der Waals surface area contributed by atoms with Crippen molar-refractivity contribution in [3.05, 3.63) is 54.6 Å². The van der Waals surface area contributed by atoms with Crippen LogP contribution in [0.15, 0.2) is 49.1 Å². The molecule has 0 radical (unpaired) electrons. The van der Waals surface area contributed by atoms with Gasteiger partial charge in [0.05, 0.1) is 5.69 Å². The molecule has 0 saturated heterocycles. The minimum Gasteiger partial charge on any atom is -0.451 e. The largest absolute Gasteiger partial charge is 0.451 e. The minimum atomic E-state index is -1.87. The lowest BCUT2D eigenvalue weighted by molar-refractivity contribution is -0.159. The Morgan fingerprint density at radius 1 is 1.40 bits per heavy atom. The van der Waals surface area contributed by atoms with Crippen LogP contribution in [0.25, 0.3) is 0 Å². The summed E-state index contributed by atoms with van der Waals surface area (Å²) in [5.41, 5.74) is -0.824. The topological polar surface area (TPSA) is 66.8 Å². The van der Waals surface area contributed by atoms with E-state index in [9.17, 15) is 14.7 Å². The summed E-state index contributed by atoms with van der Waals surface area (Å²) in [4.78, 5) is 25.2. The molecule has 5 heteroatoms. The number of ether oxygens (including phenoxy) is 1. The van der Waals surface area contributed by atoms with Gasteiger partial charge in [-0.25, -0.2) is 4.79 Å². The molecule has 0 saturated carbocycles. The summed E-state index contributed by atoms with van der Waals surface area (Å²) in [5.74, 6) is -1.07. The third-order valence-corrected chi connectivity index (χ3v) is 3.55. The highest BCUT2D eigenvalue weighted by molar-refractivity contribution is 6.08.